The van der Waals surface area contributed by atoms with Gasteiger partial charge >= 0.3 is 0 Å². The van der Waals surface area contributed by atoms with E-state index < -0.39 is 0 Å². The summed E-state index contributed by atoms with van der Waals surface area (Å²) in [5, 5.41) is 0. The van der Waals surface area contributed by atoms with Crippen LogP contribution in [0.4, 0.5) is 11.4 Å². The molecule has 0 heterocycles. The van der Waals surface area contributed by atoms with E-state index in [1.54, 1.807) is 0 Å². The number of rotatable bonds is 7. The molecule has 0 unspecified atom stereocenters. The molecule has 0 atom stereocenters. The van der Waals surface area contributed by atoms with Crippen molar-refractivity contribution in [2.24, 2.45) is 4.99 Å². The summed E-state index contributed by atoms with van der Waals surface area (Å²) >= 11 is 0. The van der Waals surface area contributed by atoms with Gasteiger partial charge in [0.1, 0.15) is 5.75 Å². The summed E-state index contributed by atoms with van der Waals surface area (Å²) in [6.45, 7) is 9.04. The molecule has 116 valence electrons. The molecule has 0 N–H and O–H groups in total. The molecule has 0 spiro atoms. The van der Waals surface area contributed by atoms with Gasteiger partial charge in [-0.2, -0.15) is 0 Å². The molecule has 0 fully saturated rings. The summed E-state index contributed by atoms with van der Waals surface area (Å²) in [5.74, 6) is 0.892. The van der Waals surface area contributed by atoms with E-state index in [-0.39, 0.29) is 0 Å². The Morgan fingerprint density at radius 1 is 0.909 bits per heavy atom. The van der Waals surface area contributed by atoms with E-state index in [9.17, 15) is 0 Å². The van der Waals surface area contributed by atoms with E-state index >= 15 is 0 Å². The molecule has 0 aromatic heterocycles. The zero-order valence-electron chi connectivity index (χ0n) is 13.6. The molecule has 0 saturated heterocycles. The van der Waals surface area contributed by atoms with Crippen molar-refractivity contribution in [1.29, 1.82) is 0 Å². The number of hydrogen-bond acceptors (Lipinski definition) is 3. The molecule has 0 saturated carbocycles. The van der Waals surface area contributed by atoms with Crippen molar-refractivity contribution < 1.29 is 4.74 Å². The van der Waals surface area contributed by atoms with E-state index in [4.69, 9.17) is 4.74 Å². The Labute approximate surface area is 133 Å². The first-order chi connectivity index (χ1) is 10.8. The molecule has 0 aliphatic rings. The minimum atomic E-state index is 0.687. The number of nitrogens with zero attached hydrogens (tertiary/aromatic N) is 2. The fourth-order valence-electron chi connectivity index (χ4n) is 2.30. The van der Waals surface area contributed by atoms with Crippen molar-refractivity contribution in [3.63, 3.8) is 0 Å². The summed E-state index contributed by atoms with van der Waals surface area (Å²) in [4.78, 5) is 6.84. The van der Waals surface area contributed by atoms with Crippen LogP contribution in [0.3, 0.4) is 0 Å². The van der Waals surface area contributed by atoms with Crippen LogP contribution in [0, 0.1) is 0 Å². The molecule has 0 aliphatic heterocycles. The first kappa shape index (κ1) is 16.1. The summed E-state index contributed by atoms with van der Waals surface area (Å²) < 4.78 is 5.43. The van der Waals surface area contributed by atoms with Crippen molar-refractivity contribution in [3.05, 3.63) is 54.1 Å². The zero-order valence-corrected chi connectivity index (χ0v) is 13.6. The van der Waals surface area contributed by atoms with Crippen LogP contribution in [0.25, 0.3) is 0 Å². The molecule has 0 aliphatic carbocycles. The quantitative estimate of drug-likeness (QED) is 0.693. The topological polar surface area (TPSA) is 24.8 Å². The molecule has 2 aromatic rings. The van der Waals surface area contributed by atoms with Gasteiger partial charge in [-0.05, 0) is 74.9 Å². The number of anilines is 1. The highest BCUT2D eigenvalue weighted by Gasteiger charge is 2.00. The monoisotopic (exact) mass is 296 g/mol. The average Bonchev–Trinajstić information content (AvgIpc) is 2.57. The Hall–Kier alpha value is -2.29. The third-order valence-corrected chi connectivity index (χ3v) is 3.53. The first-order valence-corrected chi connectivity index (χ1v) is 7.88. The van der Waals surface area contributed by atoms with Gasteiger partial charge in [0.05, 0.1) is 12.3 Å². The molecule has 0 bridgehead atoms. The van der Waals surface area contributed by atoms with Gasteiger partial charge in [0.2, 0.25) is 0 Å². The van der Waals surface area contributed by atoms with E-state index in [0.29, 0.717) is 6.61 Å². The maximum atomic E-state index is 5.43. The van der Waals surface area contributed by atoms with Crippen molar-refractivity contribution in [1.82, 2.24) is 0 Å². The first-order valence-electron chi connectivity index (χ1n) is 7.88. The van der Waals surface area contributed by atoms with Crippen LogP contribution in [-0.4, -0.2) is 25.9 Å². The van der Waals surface area contributed by atoms with Crippen molar-refractivity contribution in [3.8, 4) is 5.75 Å². The van der Waals surface area contributed by atoms with Gasteiger partial charge in [0.25, 0.3) is 0 Å². The Morgan fingerprint density at radius 3 is 2.09 bits per heavy atom. The van der Waals surface area contributed by atoms with Crippen LogP contribution in [-0.2, 0) is 0 Å². The fourth-order valence-corrected chi connectivity index (χ4v) is 2.30. The zero-order chi connectivity index (χ0) is 15.8. The molecule has 22 heavy (non-hydrogen) atoms. The highest BCUT2D eigenvalue weighted by Crippen LogP contribution is 2.20. The standard InChI is InChI=1S/C19H24N2O/c1-4-21(5-2)18-11-9-17(10-12-18)20-15-16-7-13-19(14-8-16)22-6-3/h7-15H,4-6H2,1-3H3. The second kappa shape index (κ2) is 8.23. The third kappa shape index (κ3) is 4.35. The van der Waals surface area contributed by atoms with Gasteiger partial charge in [0, 0.05) is 25.0 Å². The molecular formula is C19H24N2O. The van der Waals surface area contributed by atoms with Gasteiger partial charge in [-0.1, -0.05) is 0 Å². The molecule has 0 radical (unpaired) electrons. The van der Waals surface area contributed by atoms with Crippen LogP contribution >= 0.6 is 0 Å². The second-order valence-electron chi connectivity index (χ2n) is 4.95. The van der Waals surface area contributed by atoms with E-state index in [1.807, 2.05) is 37.4 Å². The van der Waals surface area contributed by atoms with Crippen LogP contribution in [0.5, 0.6) is 5.75 Å². The van der Waals surface area contributed by atoms with Crippen molar-refractivity contribution in [2.75, 3.05) is 24.6 Å². The molecule has 3 nitrogen and oxygen atoms in total. The Morgan fingerprint density at radius 2 is 1.55 bits per heavy atom. The van der Waals surface area contributed by atoms with Crippen molar-refractivity contribution >= 4 is 17.6 Å². The summed E-state index contributed by atoms with van der Waals surface area (Å²) in [6, 6.07) is 16.3. The van der Waals surface area contributed by atoms with Crippen LogP contribution in [0.2, 0.25) is 0 Å². The maximum Gasteiger partial charge on any atom is 0.119 e. The van der Waals surface area contributed by atoms with Gasteiger partial charge < -0.3 is 9.64 Å². The van der Waals surface area contributed by atoms with Gasteiger partial charge in [-0.25, -0.2) is 0 Å². The molecule has 2 aromatic carbocycles. The average molecular weight is 296 g/mol. The highest BCUT2D eigenvalue weighted by atomic mass is 16.5. The van der Waals surface area contributed by atoms with Crippen molar-refractivity contribution in [2.45, 2.75) is 20.8 Å². The highest BCUT2D eigenvalue weighted by molar-refractivity contribution is 5.82. The number of hydrogen-bond donors (Lipinski definition) is 0. The van der Waals surface area contributed by atoms with Gasteiger partial charge in [0.15, 0.2) is 0 Å². The van der Waals surface area contributed by atoms with Crippen LogP contribution < -0.4 is 9.64 Å². The lowest BCUT2D eigenvalue weighted by molar-refractivity contribution is 0.340. The van der Waals surface area contributed by atoms with E-state index in [2.05, 4.69) is 48.0 Å². The third-order valence-electron chi connectivity index (χ3n) is 3.53. The molecule has 2 rings (SSSR count). The fraction of sp³-hybridized carbons (Fsp3) is 0.316. The molecule has 3 heteroatoms. The second-order valence-corrected chi connectivity index (χ2v) is 4.95. The van der Waals surface area contributed by atoms with Gasteiger partial charge in [-0.3, -0.25) is 4.99 Å². The summed E-state index contributed by atoms with van der Waals surface area (Å²) in [7, 11) is 0. The Bertz CT molecular complexity index is 584. The normalized spacial score (nSPS) is 10.9. The van der Waals surface area contributed by atoms with Gasteiger partial charge in [-0.15, -0.1) is 0 Å². The smallest absolute Gasteiger partial charge is 0.119 e. The summed E-state index contributed by atoms with van der Waals surface area (Å²) in [6.07, 6.45) is 1.88. The molecular weight excluding hydrogens is 272 g/mol. The lowest BCUT2D eigenvalue weighted by Crippen LogP contribution is -2.21. The van der Waals surface area contributed by atoms with E-state index in [0.717, 1.165) is 30.1 Å². The Balaban J connectivity index is 2.03. The predicted octanol–water partition coefficient (Wildman–Crippen LogP) is 4.68. The SMILES string of the molecule is CCOc1ccc(C=Nc2ccc(N(CC)CC)cc2)cc1. The van der Waals surface area contributed by atoms with Crippen LogP contribution in [0.15, 0.2) is 53.5 Å². The molecule has 0 amide bonds. The van der Waals surface area contributed by atoms with E-state index in [1.165, 1.54) is 5.69 Å². The minimum absolute atomic E-state index is 0.687. The predicted molar refractivity (Wildman–Crippen MR) is 94.9 cm³/mol. The lowest BCUT2D eigenvalue weighted by atomic mass is 10.2. The Kier molecular flexibility index (Phi) is 6.01. The lowest BCUT2D eigenvalue weighted by Gasteiger charge is -2.20. The number of ether oxygens (including phenoxy) is 1. The van der Waals surface area contributed by atoms with Crippen LogP contribution in [0.1, 0.15) is 26.3 Å². The summed E-state index contributed by atoms with van der Waals surface area (Å²) in [5.41, 5.74) is 3.27. The maximum absolute atomic E-state index is 5.43. The number of aliphatic imine (C=N–C) groups is 1. The minimum Gasteiger partial charge on any atom is -0.494 e. The largest absolute Gasteiger partial charge is 0.494 e. The number of benzene rings is 2.